The highest BCUT2D eigenvalue weighted by Gasteiger charge is 2.28. The van der Waals surface area contributed by atoms with E-state index in [4.69, 9.17) is 21.8 Å². The average Bonchev–Trinajstić information content (AvgIpc) is 3.53. The van der Waals surface area contributed by atoms with E-state index in [0.717, 1.165) is 60.0 Å². The fourth-order valence-corrected chi connectivity index (χ4v) is 6.32. The second-order valence-corrected chi connectivity index (χ2v) is 11.0. The fourth-order valence-electron chi connectivity index (χ4n) is 6.00. The SMILES string of the molecule is Cc1c(-c2cnc3[nH]cc([C@H](C)c4c(OC(F)F)ccc(F)c4Cl)c3c2)cnn1[C@H]1CC[C@H](N(C)CC(=O)O)CC1. The molecular weight excluding hydrogens is 559 g/mol. The summed E-state index contributed by atoms with van der Waals surface area (Å²) in [6, 6.07) is 4.56. The lowest BCUT2D eigenvalue weighted by molar-refractivity contribution is -0.138. The van der Waals surface area contributed by atoms with Gasteiger partial charge in [-0.25, -0.2) is 9.37 Å². The maximum absolute atomic E-state index is 14.4. The number of ether oxygens (including phenoxy) is 1. The summed E-state index contributed by atoms with van der Waals surface area (Å²) in [5.74, 6) is -2.32. The minimum atomic E-state index is -3.08. The topological polar surface area (TPSA) is 96.3 Å². The molecule has 12 heteroatoms. The first-order valence-electron chi connectivity index (χ1n) is 13.4. The number of rotatable bonds is 9. The van der Waals surface area contributed by atoms with Crippen LogP contribution in [0, 0.1) is 12.7 Å². The Labute approximate surface area is 240 Å². The minimum absolute atomic E-state index is 0.0293. The van der Waals surface area contributed by atoms with Crippen LogP contribution in [0.25, 0.3) is 22.2 Å². The molecule has 5 rings (SSSR count). The average molecular weight is 590 g/mol. The molecule has 0 unspecified atom stereocenters. The van der Waals surface area contributed by atoms with E-state index < -0.39 is 24.3 Å². The molecule has 8 nitrogen and oxygen atoms in total. The summed E-state index contributed by atoms with van der Waals surface area (Å²) in [5, 5.41) is 14.3. The van der Waals surface area contributed by atoms with Crippen molar-refractivity contribution >= 4 is 28.6 Å². The molecule has 4 aromatic rings. The molecule has 0 radical (unpaired) electrons. The predicted octanol–water partition coefficient (Wildman–Crippen LogP) is 6.78. The molecule has 0 aliphatic heterocycles. The van der Waals surface area contributed by atoms with Crippen molar-refractivity contribution < 1.29 is 27.8 Å². The van der Waals surface area contributed by atoms with Gasteiger partial charge in [0.05, 0.1) is 23.8 Å². The number of aromatic nitrogens is 4. The summed E-state index contributed by atoms with van der Waals surface area (Å²) >= 11 is 6.25. The van der Waals surface area contributed by atoms with Crippen molar-refractivity contribution in [2.75, 3.05) is 13.6 Å². The molecular formula is C29H31ClF3N5O3. The molecule has 1 atom stereocenters. The number of fused-ring (bicyclic) bond motifs is 1. The molecule has 1 aliphatic rings. The lowest BCUT2D eigenvalue weighted by Crippen LogP contribution is -2.38. The molecule has 0 spiro atoms. The zero-order valence-corrected chi connectivity index (χ0v) is 23.6. The van der Waals surface area contributed by atoms with Gasteiger partial charge in [-0.1, -0.05) is 18.5 Å². The number of aromatic amines is 1. The van der Waals surface area contributed by atoms with Gasteiger partial charge in [0.25, 0.3) is 0 Å². The number of carboxylic acids is 1. The Kier molecular flexibility index (Phi) is 8.28. The fraction of sp³-hybridized carbons (Fsp3) is 0.414. The van der Waals surface area contributed by atoms with Crippen LogP contribution in [0.15, 0.2) is 36.8 Å². The van der Waals surface area contributed by atoms with Crippen molar-refractivity contribution in [1.82, 2.24) is 24.6 Å². The molecule has 1 aliphatic carbocycles. The Morgan fingerprint density at radius 2 is 2.00 bits per heavy atom. The molecule has 1 saturated carbocycles. The number of alkyl halides is 2. The number of hydrogen-bond donors (Lipinski definition) is 2. The Morgan fingerprint density at radius 1 is 1.27 bits per heavy atom. The maximum atomic E-state index is 14.4. The summed E-state index contributed by atoms with van der Waals surface area (Å²) < 4.78 is 47.3. The summed E-state index contributed by atoms with van der Waals surface area (Å²) in [7, 11) is 1.85. The van der Waals surface area contributed by atoms with E-state index in [-0.39, 0.29) is 35.0 Å². The van der Waals surface area contributed by atoms with Gasteiger partial charge < -0.3 is 14.8 Å². The van der Waals surface area contributed by atoms with Crippen LogP contribution in [-0.4, -0.2) is 62.0 Å². The molecule has 1 aromatic carbocycles. The van der Waals surface area contributed by atoms with Gasteiger partial charge in [-0.2, -0.15) is 13.9 Å². The Balaban J connectivity index is 1.42. The number of hydrogen-bond acceptors (Lipinski definition) is 5. The highest BCUT2D eigenvalue weighted by Crippen LogP contribution is 2.42. The van der Waals surface area contributed by atoms with Gasteiger partial charge in [0.2, 0.25) is 0 Å². The highest BCUT2D eigenvalue weighted by atomic mass is 35.5. The maximum Gasteiger partial charge on any atom is 0.387 e. The van der Waals surface area contributed by atoms with Crippen LogP contribution in [0.4, 0.5) is 13.2 Å². The number of H-pyrrole nitrogens is 1. The van der Waals surface area contributed by atoms with Gasteiger partial charge in [-0.05, 0) is 63.4 Å². The van der Waals surface area contributed by atoms with E-state index in [1.54, 1.807) is 19.3 Å². The Morgan fingerprint density at radius 3 is 2.68 bits per heavy atom. The van der Waals surface area contributed by atoms with E-state index in [1.165, 1.54) is 0 Å². The molecule has 2 N–H and O–H groups in total. The van der Waals surface area contributed by atoms with Crippen molar-refractivity contribution in [1.29, 1.82) is 0 Å². The first-order valence-corrected chi connectivity index (χ1v) is 13.8. The third-order valence-electron chi connectivity index (χ3n) is 8.15. The van der Waals surface area contributed by atoms with Crippen LogP contribution in [0.1, 0.15) is 61.4 Å². The monoisotopic (exact) mass is 589 g/mol. The Hall–Kier alpha value is -3.57. The van der Waals surface area contributed by atoms with Crippen LogP contribution < -0.4 is 4.74 Å². The number of nitrogens with one attached hydrogen (secondary N) is 1. The van der Waals surface area contributed by atoms with Gasteiger partial charge in [0.15, 0.2) is 0 Å². The number of nitrogens with zero attached hydrogens (tertiary/aromatic N) is 4. The van der Waals surface area contributed by atoms with Crippen molar-refractivity contribution in [2.45, 2.75) is 64.1 Å². The minimum Gasteiger partial charge on any atom is -0.480 e. The van der Waals surface area contributed by atoms with Crippen molar-refractivity contribution in [3.63, 3.8) is 0 Å². The van der Waals surface area contributed by atoms with Crippen molar-refractivity contribution in [3.8, 4) is 16.9 Å². The Bertz CT molecular complexity index is 1560. The number of carboxylic acid groups (broad SMARTS) is 1. The van der Waals surface area contributed by atoms with E-state index in [2.05, 4.69) is 14.7 Å². The van der Waals surface area contributed by atoms with Crippen LogP contribution in [0.3, 0.4) is 0 Å². The zero-order chi connectivity index (χ0) is 29.4. The number of likely N-dealkylation sites (N-methyl/N-ethyl adjacent to an activating group) is 1. The summed E-state index contributed by atoms with van der Waals surface area (Å²) in [6.07, 6.45) is 8.85. The van der Waals surface area contributed by atoms with Gasteiger partial charge in [-0.15, -0.1) is 0 Å². The highest BCUT2D eigenvalue weighted by molar-refractivity contribution is 6.31. The first-order chi connectivity index (χ1) is 19.5. The second-order valence-electron chi connectivity index (χ2n) is 10.6. The largest absolute Gasteiger partial charge is 0.480 e. The molecule has 0 bridgehead atoms. The van der Waals surface area contributed by atoms with E-state index in [1.807, 2.05) is 35.8 Å². The quantitative estimate of drug-likeness (QED) is 0.223. The number of pyridine rings is 1. The summed E-state index contributed by atoms with van der Waals surface area (Å²) in [6.45, 7) is 0.707. The summed E-state index contributed by atoms with van der Waals surface area (Å²) in [5.41, 5.74) is 4.16. The van der Waals surface area contributed by atoms with E-state index in [9.17, 15) is 18.0 Å². The molecule has 1 fully saturated rings. The lowest BCUT2D eigenvalue weighted by Gasteiger charge is -2.34. The third kappa shape index (κ3) is 5.78. The molecule has 3 aromatic heterocycles. The lowest BCUT2D eigenvalue weighted by atomic mass is 9.90. The number of halogens is 4. The second kappa shape index (κ2) is 11.7. The number of aliphatic carboxylic acids is 1. The van der Waals surface area contributed by atoms with Gasteiger partial charge in [-0.3, -0.25) is 14.4 Å². The van der Waals surface area contributed by atoms with Crippen LogP contribution in [0.2, 0.25) is 5.02 Å². The normalized spacial score (nSPS) is 18.4. The molecule has 41 heavy (non-hydrogen) atoms. The van der Waals surface area contributed by atoms with Crippen molar-refractivity contribution in [2.24, 2.45) is 0 Å². The first kappa shape index (κ1) is 28.9. The molecule has 3 heterocycles. The summed E-state index contributed by atoms with van der Waals surface area (Å²) in [4.78, 5) is 20.7. The molecule has 0 saturated heterocycles. The standard InChI is InChI=1S/C29H31ClF3N5O3/c1-15(26-24(41-29(32)33)9-8-23(31)27(26)30)21-12-35-28-20(21)10-17(11-34-28)22-13-36-38(16(22)2)19-6-4-18(5-7-19)37(3)14-25(39)40/h8-13,15,18-19,29H,4-7,14H2,1-3H3,(H,34,35)(H,39,40)/t15-,18-,19-/m0/s1. The molecule has 0 amide bonds. The van der Waals surface area contributed by atoms with Gasteiger partial charge in [0, 0.05) is 52.1 Å². The predicted molar refractivity (Wildman–Crippen MR) is 149 cm³/mol. The smallest absolute Gasteiger partial charge is 0.387 e. The number of benzene rings is 1. The van der Waals surface area contributed by atoms with Crippen LogP contribution >= 0.6 is 11.6 Å². The van der Waals surface area contributed by atoms with E-state index in [0.29, 0.717) is 11.2 Å². The van der Waals surface area contributed by atoms with Crippen LogP contribution in [0.5, 0.6) is 5.75 Å². The van der Waals surface area contributed by atoms with Gasteiger partial charge >= 0.3 is 12.6 Å². The zero-order valence-electron chi connectivity index (χ0n) is 22.9. The van der Waals surface area contributed by atoms with E-state index >= 15 is 0 Å². The molecule has 218 valence electrons. The third-order valence-corrected chi connectivity index (χ3v) is 8.53. The van der Waals surface area contributed by atoms with Gasteiger partial charge in [0.1, 0.15) is 17.2 Å². The van der Waals surface area contributed by atoms with Crippen molar-refractivity contribution in [3.05, 3.63) is 64.5 Å². The number of carbonyl (C=O) groups is 1. The van der Waals surface area contributed by atoms with Crippen LogP contribution in [-0.2, 0) is 4.79 Å².